The summed E-state index contributed by atoms with van der Waals surface area (Å²) in [5, 5.41) is 9.21. The Bertz CT molecular complexity index is 2710. The van der Waals surface area contributed by atoms with Crippen molar-refractivity contribution in [2.24, 2.45) is 5.73 Å². The lowest BCUT2D eigenvalue weighted by Crippen LogP contribution is -2.14. The summed E-state index contributed by atoms with van der Waals surface area (Å²) in [5.41, 5.74) is 7.70. The van der Waals surface area contributed by atoms with Gasteiger partial charge in [0.15, 0.2) is 20.2 Å². The maximum atomic E-state index is 13.3. The molecule has 0 aliphatic heterocycles. The number of hydrogen-bond acceptors (Lipinski definition) is 10. The van der Waals surface area contributed by atoms with Crippen LogP contribution >= 0.6 is 61.8 Å². The van der Waals surface area contributed by atoms with E-state index in [1.807, 2.05) is 43.4 Å². The number of nitrogens with two attached hydrogens (primary N) is 1. The van der Waals surface area contributed by atoms with E-state index in [1.54, 1.807) is 47.7 Å². The van der Waals surface area contributed by atoms with Gasteiger partial charge in [0.05, 0.1) is 11.0 Å². The van der Waals surface area contributed by atoms with Gasteiger partial charge >= 0.3 is 0 Å². The van der Waals surface area contributed by atoms with E-state index in [0.717, 1.165) is 46.6 Å². The molecule has 0 atom stereocenters. The number of alkyl halides is 1. The molecule has 0 radical (unpaired) electrons. The molecule has 0 fully saturated rings. The highest BCUT2D eigenvalue weighted by Crippen LogP contribution is 2.33. The standard InChI is InChI=1S/C16H15ClN4O2S2.C15H11BrClN3O2S2.CH5N.CH4/c1-18-7-6-11-10-21(13-5-3-2-4-12(11)13)25(22,23)15-14(17)19-16-20(15)8-9-24-16;16-6-5-10-9-20(12-4-2-1-3-11(10)12)24(21,22)14-13(17)18-15-19(14)7-8-23-15;1-2;/h2-5,8-10,18H,6-7H2,1H3;1-4,7-9H,5-6H2;2H2,1H3;1H4. The topological polar surface area (TPSA) is 151 Å². The second-order valence-electron chi connectivity index (χ2n) is 10.8. The zero-order valence-electron chi connectivity index (χ0n) is 27.1. The maximum absolute atomic E-state index is 13.3. The third kappa shape index (κ3) is 7.05. The summed E-state index contributed by atoms with van der Waals surface area (Å²) in [6.45, 7) is 0.760. The molecule has 0 spiro atoms. The monoisotopic (exact) mass is 884 g/mol. The number of halogens is 3. The molecule has 8 rings (SSSR count). The number of nitrogens with zero attached hydrogens (tertiary/aromatic N) is 6. The van der Waals surface area contributed by atoms with E-state index in [2.05, 4.69) is 36.9 Å². The molecule has 52 heavy (non-hydrogen) atoms. The van der Waals surface area contributed by atoms with Crippen LogP contribution in [0.2, 0.25) is 10.3 Å². The highest BCUT2D eigenvalue weighted by Gasteiger charge is 2.30. The van der Waals surface area contributed by atoms with Crippen LogP contribution in [0.5, 0.6) is 0 Å². The largest absolute Gasteiger partial charge is 0.333 e. The molecular formula is C33H35BrCl2N8O4S4. The van der Waals surface area contributed by atoms with Crippen LogP contribution in [0.4, 0.5) is 0 Å². The molecule has 0 aliphatic carbocycles. The molecule has 3 N–H and O–H groups in total. The fourth-order valence-electron chi connectivity index (χ4n) is 5.72. The van der Waals surface area contributed by atoms with Crippen molar-refractivity contribution in [1.29, 1.82) is 0 Å². The fourth-order valence-corrected chi connectivity index (χ4v) is 11.8. The highest BCUT2D eigenvalue weighted by atomic mass is 79.9. The van der Waals surface area contributed by atoms with Crippen molar-refractivity contribution < 1.29 is 16.8 Å². The van der Waals surface area contributed by atoms with Crippen molar-refractivity contribution in [1.82, 2.24) is 32.0 Å². The Hall–Kier alpha value is -3.26. The molecule has 2 aromatic carbocycles. The van der Waals surface area contributed by atoms with Gasteiger partial charge in [0.25, 0.3) is 20.0 Å². The van der Waals surface area contributed by atoms with Gasteiger partial charge in [0, 0.05) is 51.7 Å². The lowest BCUT2D eigenvalue weighted by Gasteiger charge is -2.06. The first-order valence-electron chi connectivity index (χ1n) is 15.3. The van der Waals surface area contributed by atoms with Crippen LogP contribution in [0, 0.1) is 0 Å². The van der Waals surface area contributed by atoms with Crippen LogP contribution in [0.1, 0.15) is 18.6 Å². The van der Waals surface area contributed by atoms with Gasteiger partial charge in [0.1, 0.15) is 0 Å². The Balaban J connectivity index is 0.000000189. The summed E-state index contributed by atoms with van der Waals surface area (Å²) in [6, 6.07) is 14.9. The average Bonchev–Trinajstić information content (AvgIpc) is 3.96. The molecule has 8 aromatic rings. The van der Waals surface area contributed by atoms with E-state index < -0.39 is 20.0 Å². The molecule has 0 amide bonds. The molecule has 19 heteroatoms. The third-order valence-electron chi connectivity index (χ3n) is 7.89. The van der Waals surface area contributed by atoms with Crippen LogP contribution in [-0.4, -0.2) is 69.5 Å². The zero-order chi connectivity index (χ0) is 36.5. The number of likely N-dealkylation sites (N-methyl/N-ethyl adjacent to an activating group) is 1. The van der Waals surface area contributed by atoms with Gasteiger partial charge in [-0.15, -0.1) is 22.7 Å². The summed E-state index contributed by atoms with van der Waals surface area (Å²) in [6.07, 6.45) is 8.14. The minimum atomic E-state index is -3.88. The molecule has 12 nitrogen and oxygen atoms in total. The van der Waals surface area contributed by atoms with Crippen LogP contribution in [0.15, 0.2) is 94.1 Å². The summed E-state index contributed by atoms with van der Waals surface area (Å²) in [5.74, 6) is 0. The minimum Gasteiger partial charge on any atom is -0.333 e. The van der Waals surface area contributed by atoms with Gasteiger partial charge in [0.2, 0.25) is 10.1 Å². The summed E-state index contributed by atoms with van der Waals surface area (Å²) >= 11 is 18.4. The first kappa shape index (κ1) is 39.9. The van der Waals surface area contributed by atoms with Crippen molar-refractivity contribution in [2.45, 2.75) is 30.3 Å². The van der Waals surface area contributed by atoms with Crippen molar-refractivity contribution in [2.75, 3.05) is 26.0 Å². The van der Waals surface area contributed by atoms with Gasteiger partial charge in [-0.2, -0.15) is 16.8 Å². The van der Waals surface area contributed by atoms with Crippen molar-refractivity contribution in [3.63, 3.8) is 0 Å². The van der Waals surface area contributed by atoms with Gasteiger partial charge < -0.3 is 11.1 Å². The quantitative estimate of drug-likeness (QED) is 0.143. The molecule has 0 saturated heterocycles. The number of fused-ring (bicyclic) bond motifs is 4. The Kier molecular flexibility index (Phi) is 12.6. The van der Waals surface area contributed by atoms with E-state index in [1.165, 1.54) is 46.5 Å². The Morgan fingerprint density at radius 3 is 1.60 bits per heavy atom. The van der Waals surface area contributed by atoms with Crippen LogP contribution in [0.3, 0.4) is 0 Å². The number of rotatable bonds is 9. The molecule has 276 valence electrons. The van der Waals surface area contributed by atoms with Crippen molar-refractivity contribution >= 4 is 114 Å². The number of nitrogens with one attached hydrogen (secondary N) is 1. The molecule has 0 unspecified atom stereocenters. The number of thiazole rings is 2. The number of aromatic nitrogens is 6. The number of para-hydroxylation sites is 2. The van der Waals surface area contributed by atoms with Gasteiger partial charge in [-0.25, -0.2) is 17.9 Å². The second kappa shape index (κ2) is 16.4. The molecule has 0 saturated carbocycles. The SMILES string of the molecule is C.CN.CNCCc1cn(S(=O)(=O)c2c(Cl)nc3sccn23)c2ccccc12.O=S(=O)(c1c(Cl)nc2sccn12)n1cc(CCBr)c2ccccc21. The number of aryl methyl sites for hydroxylation is 1. The van der Waals surface area contributed by atoms with E-state index in [0.29, 0.717) is 21.0 Å². The van der Waals surface area contributed by atoms with Crippen molar-refractivity contribution in [3.8, 4) is 0 Å². The molecule has 0 aliphatic rings. The van der Waals surface area contributed by atoms with E-state index in [9.17, 15) is 16.8 Å². The Morgan fingerprint density at radius 1 is 0.750 bits per heavy atom. The molecule has 6 heterocycles. The number of imidazole rings is 2. The lowest BCUT2D eigenvalue weighted by molar-refractivity contribution is 0.582. The van der Waals surface area contributed by atoms with Gasteiger partial charge in [-0.3, -0.25) is 8.80 Å². The predicted molar refractivity (Wildman–Crippen MR) is 217 cm³/mol. The maximum Gasteiger partial charge on any atom is 0.287 e. The summed E-state index contributed by atoms with van der Waals surface area (Å²) < 4.78 is 58.8. The second-order valence-corrected chi connectivity index (χ2v) is 17.5. The molecule has 0 bridgehead atoms. The normalized spacial score (nSPS) is 11.8. The smallest absolute Gasteiger partial charge is 0.287 e. The first-order valence-corrected chi connectivity index (χ1v) is 21.8. The van der Waals surface area contributed by atoms with E-state index in [-0.39, 0.29) is 27.8 Å². The highest BCUT2D eigenvalue weighted by molar-refractivity contribution is 9.09. The van der Waals surface area contributed by atoms with E-state index >= 15 is 0 Å². The van der Waals surface area contributed by atoms with Crippen LogP contribution < -0.4 is 11.1 Å². The minimum absolute atomic E-state index is 0. The van der Waals surface area contributed by atoms with E-state index in [4.69, 9.17) is 23.2 Å². The first-order chi connectivity index (χ1) is 24.6. The lowest BCUT2D eigenvalue weighted by atomic mass is 10.1. The average molecular weight is 887 g/mol. The predicted octanol–water partition coefficient (Wildman–Crippen LogP) is 7.39. The third-order valence-corrected chi connectivity index (χ3v) is 14.0. The fraction of sp³-hybridized carbons (Fsp3) is 0.212. The van der Waals surface area contributed by atoms with Crippen LogP contribution in [-0.2, 0) is 32.9 Å². The van der Waals surface area contributed by atoms with Gasteiger partial charge in [-0.1, -0.05) is 83.0 Å². The zero-order valence-corrected chi connectivity index (χ0v) is 33.4. The van der Waals surface area contributed by atoms with Crippen molar-refractivity contribution in [3.05, 3.63) is 106 Å². The summed E-state index contributed by atoms with van der Waals surface area (Å²) in [7, 11) is -4.38. The number of benzene rings is 2. The Labute approximate surface area is 327 Å². The van der Waals surface area contributed by atoms with Gasteiger partial charge in [-0.05, 0) is 56.7 Å². The molecule has 6 aromatic heterocycles. The number of hydrogen-bond donors (Lipinski definition) is 2. The Morgan fingerprint density at radius 2 is 1.17 bits per heavy atom. The van der Waals surface area contributed by atoms with Crippen LogP contribution in [0.25, 0.3) is 31.7 Å². The summed E-state index contributed by atoms with van der Waals surface area (Å²) in [4.78, 5) is 9.38. The molecular weight excluding hydrogens is 851 g/mol.